The topological polar surface area (TPSA) is 49.4 Å². The molecule has 3 atom stereocenters. The van der Waals surface area contributed by atoms with Crippen LogP contribution in [0.4, 0.5) is 8.78 Å². The lowest BCUT2D eigenvalue weighted by Crippen LogP contribution is -2.43. The Morgan fingerprint density at radius 2 is 1.86 bits per heavy atom. The van der Waals surface area contributed by atoms with Crippen LogP contribution in [0.1, 0.15) is 25.7 Å². The third kappa shape index (κ3) is 3.36. The summed E-state index contributed by atoms with van der Waals surface area (Å²) >= 11 is 0. The second-order valence-corrected chi connectivity index (χ2v) is 8.75. The predicted octanol–water partition coefficient (Wildman–Crippen LogP) is 2.05. The minimum Gasteiger partial charge on any atom is -0.316 e. The molecule has 1 aliphatic heterocycles. The lowest BCUT2D eigenvalue weighted by molar-refractivity contribution is 0.202. The van der Waals surface area contributed by atoms with Crippen LogP contribution >= 0.6 is 0 Å². The Morgan fingerprint density at radius 3 is 2.41 bits per heavy atom. The Kier molecular flexibility index (Phi) is 4.85. The molecule has 0 radical (unpaired) electrons. The van der Waals surface area contributed by atoms with E-state index in [1.165, 1.54) is 12.8 Å². The third-order valence-electron chi connectivity index (χ3n) is 5.41. The highest BCUT2D eigenvalue weighted by Gasteiger charge is 2.36. The molecule has 0 aromatic rings. The summed E-state index contributed by atoms with van der Waals surface area (Å²) in [6.45, 7) is 2.31. The van der Waals surface area contributed by atoms with Crippen molar-refractivity contribution in [3.63, 3.8) is 0 Å². The van der Waals surface area contributed by atoms with Crippen LogP contribution in [0.15, 0.2) is 12.2 Å². The number of sulfonamides is 1. The summed E-state index contributed by atoms with van der Waals surface area (Å²) in [7, 11) is -4.39. The average molecular weight is 334 g/mol. The normalized spacial score (nSPS) is 33.1. The molecule has 1 N–H and O–H groups in total. The Labute approximate surface area is 131 Å². The number of nitrogens with one attached hydrogen (secondary N) is 1. The molecule has 2 bridgehead atoms. The number of rotatable bonds is 6. The minimum absolute atomic E-state index is 0.218. The second-order valence-electron chi connectivity index (χ2n) is 6.85. The van der Waals surface area contributed by atoms with Crippen molar-refractivity contribution in [3.8, 4) is 0 Å². The maximum Gasteiger partial charge on any atom is 0.350 e. The van der Waals surface area contributed by atoms with Gasteiger partial charge in [0.15, 0.2) is 0 Å². The SMILES string of the molecule is O=S(=O)(C(F)F)N1CCC(CNCC2CC3C=CC2C3)CC1. The standard InChI is InChI=1S/C15H24F2N2O2S/c16-15(17)22(20,21)19-5-3-11(4-6-19)9-18-10-14-8-12-1-2-13(14)7-12/h1-2,11-15,18H,3-10H2. The van der Waals surface area contributed by atoms with Gasteiger partial charge in [-0.3, -0.25) is 0 Å². The van der Waals surface area contributed by atoms with Crippen molar-refractivity contribution in [2.75, 3.05) is 26.2 Å². The van der Waals surface area contributed by atoms with E-state index in [1.807, 2.05) is 0 Å². The van der Waals surface area contributed by atoms with E-state index in [1.54, 1.807) is 0 Å². The second kappa shape index (κ2) is 6.53. The number of alkyl halides is 2. The zero-order valence-electron chi connectivity index (χ0n) is 12.6. The molecule has 1 heterocycles. The fourth-order valence-electron chi connectivity index (χ4n) is 4.08. The number of hydrogen-bond donors (Lipinski definition) is 1. The summed E-state index contributed by atoms with van der Waals surface area (Å²) in [6.07, 6.45) is 8.58. The molecule has 7 heteroatoms. The van der Waals surface area contributed by atoms with E-state index in [9.17, 15) is 17.2 Å². The van der Waals surface area contributed by atoms with Crippen molar-refractivity contribution >= 4 is 10.0 Å². The van der Waals surface area contributed by atoms with Gasteiger partial charge in [-0.2, -0.15) is 13.1 Å². The molecule has 22 heavy (non-hydrogen) atoms. The molecular formula is C15H24F2N2O2S. The number of fused-ring (bicyclic) bond motifs is 2. The van der Waals surface area contributed by atoms with E-state index in [-0.39, 0.29) is 13.1 Å². The highest BCUT2D eigenvalue weighted by atomic mass is 32.2. The monoisotopic (exact) mass is 334 g/mol. The zero-order valence-corrected chi connectivity index (χ0v) is 13.4. The molecule has 4 nitrogen and oxygen atoms in total. The van der Waals surface area contributed by atoms with Gasteiger partial charge < -0.3 is 5.32 Å². The van der Waals surface area contributed by atoms with Crippen LogP contribution in [0.3, 0.4) is 0 Å². The van der Waals surface area contributed by atoms with Gasteiger partial charge in [-0.1, -0.05) is 12.2 Å². The Morgan fingerprint density at radius 1 is 1.14 bits per heavy atom. The van der Waals surface area contributed by atoms with Crippen molar-refractivity contribution in [3.05, 3.63) is 12.2 Å². The molecule has 3 aliphatic rings. The number of hydrogen-bond acceptors (Lipinski definition) is 3. The van der Waals surface area contributed by atoms with Gasteiger partial charge in [0.05, 0.1) is 0 Å². The van der Waals surface area contributed by atoms with Gasteiger partial charge in [0.1, 0.15) is 0 Å². The molecule has 2 fully saturated rings. The highest BCUT2D eigenvalue weighted by Crippen LogP contribution is 2.42. The molecule has 1 saturated carbocycles. The number of halogens is 2. The summed E-state index contributed by atoms with van der Waals surface area (Å²) in [5, 5.41) is 3.51. The number of allylic oxidation sites excluding steroid dienone is 2. The predicted molar refractivity (Wildman–Crippen MR) is 80.9 cm³/mol. The summed E-state index contributed by atoms with van der Waals surface area (Å²) in [5.41, 5.74) is 0. The molecule has 0 amide bonds. The van der Waals surface area contributed by atoms with Crippen LogP contribution in [0.2, 0.25) is 0 Å². The molecule has 3 unspecified atom stereocenters. The Balaban J connectivity index is 1.37. The van der Waals surface area contributed by atoms with Crippen LogP contribution in [0.25, 0.3) is 0 Å². The first-order valence-corrected chi connectivity index (χ1v) is 9.63. The van der Waals surface area contributed by atoms with E-state index in [4.69, 9.17) is 0 Å². The molecule has 0 spiro atoms. The first-order valence-electron chi connectivity index (χ1n) is 8.13. The zero-order chi connectivity index (χ0) is 15.7. The number of nitrogens with zero attached hydrogens (tertiary/aromatic N) is 1. The van der Waals surface area contributed by atoms with Crippen molar-refractivity contribution in [1.82, 2.24) is 9.62 Å². The van der Waals surface area contributed by atoms with E-state index >= 15 is 0 Å². The smallest absolute Gasteiger partial charge is 0.316 e. The maximum atomic E-state index is 12.5. The van der Waals surface area contributed by atoms with Gasteiger partial charge in [0.25, 0.3) is 10.0 Å². The first kappa shape index (κ1) is 16.3. The Bertz CT molecular complexity index is 516. The quantitative estimate of drug-likeness (QED) is 0.757. The lowest BCUT2D eigenvalue weighted by atomic mass is 9.93. The fraction of sp³-hybridized carbons (Fsp3) is 0.867. The summed E-state index contributed by atoms with van der Waals surface area (Å²) in [6, 6.07) is 0. The van der Waals surface area contributed by atoms with Crippen molar-refractivity contribution in [2.24, 2.45) is 23.7 Å². The van der Waals surface area contributed by atoms with E-state index in [2.05, 4.69) is 17.5 Å². The molecule has 0 aromatic carbocycles. The van der Waals surface area contributed by atoms with Crippen molar-refractivity contribution in [1.29, 1.82) is 0 Å². The third-order valence-corrected chi connectivity index (χ3v) is 6.95. The van der Waals surface area contributed by atoms with Crippen LogP contribution in [0, 0.1) is 23.7 Å². The molecule has 126 valence electrons. The number of piperidine rings is 1. The fourth-order valence-corrected chi connectivity index (χ4v) is 5.03. The maximum absolute atomic E-state index is 12.5. The van der Waals surface area contributed by atoms with Crippen molar-refractivity contribution in [2.45, 2.75) is 31.4 Å². The summed E-state index contributed by atoms with van der Waals surface area (Å²) < 4.78 is 48.7. The lowest BCUT2D eigenvalue weighted by Gasteiger charge is -2.31. The Hall–Kier alpha value is -0.530. The van der Waals surface area contributed by atoms with E-state index in [0.29, 0.717) is 18.8 Å². The van der Waals surface area contributed by atoms with E-state index < -0.39 is 15.8 Å². The van der Waals surface area contributed by atoms with E-state index in [0.717, 1.165) is 35.1 Å². The summed E-state index contributed by atoms with van der Waals surface area (Å²) in [5.74, 6) is -0.671. The molecule has 1 saturated heterocycles. The van der Waals surface area contributed by atoms with Gasteiger partial charge in [0, 0.05) is 13.1 Å². The van der Waals surface area contributed by atoms with Crippen LogP contribution in [0.5, 0.6) is 0 Å². The van der Waals surface area contributed by atoms with Gasteiger partial charge in [-0.25, -0.2) is 8.42 Å². The van der Waals surface area contributed by atoms with Gasteiger partial charge in [-0.05, 0) is 62.4 Å². The molecular weight excluding hydrogens is 310 g/mol. The van der Waals surface area contributed by atoms with Gasteiger partial charge in [-0.15, -0.1) is 0 Å². The molecule has 0 aromatic heterocycles. The van der Waals surface area contributed by atoms with Crippen LogP contribution in [-0.2, 0) is 10.0 Å². The van der Waals surface area contributed by atoms with Crippen LogP contribution in [-0.4, -0.2) is 44.7 Å². The molecule has 3 rings (SSSR count). The largest absolute Gasteiger partial charge is 0.350 e. The van der Waals surface area contributed by atoms with Gasteiger partial charge >= 0.3 is 5.76 Å². The molecule has 2 aliphatic carbocycles. The minimum atomic E-state index is -4.39. The van der Waals surface area contributed by atoms with Crippen molar-refractivity contribution < 1.29 is 17.2 Å². The van der Waals surface area contributed by atoms with Gasteiger partial charge in [0.2, 0.25) is 0 Å². The summed E-state index contributed by atoms with van der Waals surface area (Å²) in [4.78, 5) is 0. The first-order chi connectivity index (χ1) is 10.5. The average Bonchev–Trinajstić information content (AvgIpc) is 3.10. The van der Waals surface area contributed by atoms with Crippen LogP contribution < -0.4 is 5.32 Å². The highest BCUT2D eigenvalue weighted by molar-refractivity contribution is 7.89.